The summed E-state index contributed by atoms with van der Waals surface area (Å²) in [6.45, 7) is 0.922. The lowest BCUT2D eigenvalue weighted by atomic mass is 10.2. The Balaban J connectivity index is 1.98. The van der Waals surface area contributed by atoms with Crippen molar-refractivity contribution >= 4 is 23.2 Å². The third-order valence-corrected chi connectivity index (χ3v) is 3.35. The molecule has 0 aliphatic rings. The second-order valence-electron chi connectivity index (χ2n) is 4.09. The zero-order valence-corrected chi connectivity index (χ0v) is 11.5. The van der Waals surface area contributed by atoms with Gasteiger partial charge in [-0.1, -0.05) is 35.3 Å². The predicted molar refractivity (Wildman–Crippen MR) is 75.1 cm³/mol. The van der Waals surface area contributed by atoms with Crippen LogP contribution in [-0.4, -0.2) is 5.11 Å². The number of phenolic OH excluding ortho intramolecular Hbond substituents is 1. The van der Waals surface area contributed by atoms with Crippen molar-refractivity contribution in [2.24, 2.45) is 0 Å². The molecule has 0 bridgehead atoms. The average molecular weight is 300 g/mol. The van der Waals surface area contributed by atoms with E-state index in [-0.39, 0.29) is 10.8 Å². The molecule has 0 aliphatic heterocycles. The van der Waals surface area contributed by atoms with E-state index in [0.717, 1.165) is 5.56 Å². The Morgan fingerprint density at radius 3 is 2.53 bits per heavy atom. The van der Waals surface area contributed by atoms with Crippen molar-refractivity contribution in [3.8, 4) is 5.75 Å². The van der Waals surface area contributed by atoms with Crippen LogP contribution in [0, 0.1) is 5.82 Å². The molecule has 0 unspecified atom stereocenters. The molecule has 0 spiro atoms. The number of phenols is 1. The highest BCUT2D eigenvalue weighted by Crippen LogP contribution is 2.25. The first kappa shape index (κ1) is 14.1. The third kappa shape index (κ3) is 3.60. The van der Waals surface area contributed by atoms with Gasteiger partial charge in [-0.2, -0.15) is 0 Å². The number of hydrogen-bond donors (Lipinski definition) is 2. The zero-order valence-electron chi connectivity index (χ0n) is 9.96. The van der Waals surface area contributed by atoms with Crippen molar-refractivity contribution in [2.45, 2.75) is 13.1 Å². The van der Waals surface area contributed by atoms with Crippen LogP contribution in [0.25, 0.3) is 0 Å². The van der Waals surface area contributed by atoms with Gasteiger partial charge in [0.1, 0.15) is 11.6 Å². The van der Waals surface area contributed by atoms with E-state index in [1.807, 2.05) is 0 Å². The molecule has 0 fully saturated rings. The number of hydrogen-bond acceptors (Lipinski definition) is 2. The maximum Gasteiger partial charge on any atom is 0.141 e. The van der Waals surface area contributed by atoms with Crippen LogP contribution >= 0.6 is 23.2 Å². The largest absolute Gasteiger partial charge is 0.508 e. The van der Waals surface area contributed by atoms with Gasteiger partial charge in [0.15, 0.2) is 0 Å². The minimum Gasteiger partial charge on any atom is -0.508 e. The summed E-state index contributed by atoms with van der Waals surface area (Å²) < 4.78 is 13.0. The number of halogens is 3. The molecule has 5 heteroatoms. The molecule has 2 rings (SSSR count). The molecule has 0 saturated heterocycles. The summed E-state index contributed by atoms with van der Waals surface area (Å²) in [5.74, 6) is -0.286. The quantitative estimate of drug-likeness (QED) is 0.890. The summed E-state index contributed by atoms with van der Waals surface area (Å²) in [6.07, 6.45) is 0. The summed E-state index contributed by atoms with van der Waals surface area (Å²) in [4.78, 5) is 0. The maximum atomic E-state index is 13.0. The molecule has 0 atom stereocenters. The third-order valence-electron chi connectivity index (χ3n) is 2.71. The second-order valence-corrected chi connectivity index (χ2v) is 4.90. The Labute approximate surface area is 120 Å². The van der Waals surface area contributed by atoms with E-state index in [1.165, 1.54) is 6.07 Å². The Bertz CT molecular complexity index is 569. The smallest absolute Gasteiger partial charge is 0.141 e. The first-order chi connectivity index (χ1) is 9.08. The number of rotatable bonds is 4. The highest BCUT2D eigenvalue weighted by molar-refractivity contribution is 6.31. The summed E-state index contributed by atoms with van der Waals surface area (Å²) in [5, 5.41) is 13.4. The molecule has 2 N–H and O–H groups in total. The first-order valence-electron chi connectivity index (χ1n) is 5.69. The summed E-state index contributed by atoms with van der Waals surface area (Å²) in [7, 11) is 0. The van der Waals surface area contributed by atoms with Gasteiger partial charge in [0.2, 0.25) is 0 Å². The Hall–Kier alpha value is -1.29. The van der Waals surface area contributed by atoms with Gasteiger partial charge in [-0.05, 0) is 29.8 Å². The molecule has 0 saturated carbocycles. The SMILES string of the molecule is Oc1cccc(Cl)c1CNCc1ccc(F)c(Cl)c1. The van der Waals surface area contributed by atoms with Gasteiger partial charge in [0.05, 0.1) is 5.02 Å². The number of aromatic hydroxyl groups is 1. The van der Waals surface area contributed by atoms with Crippen molar-refractivity contribution in [2.75, 3.05) is 0 Å². The Morgan fingerprint density at radius 2 is 1.84 bits per heavy atom. The zero-order chi connectivity index (χ0) is 13.8. The summed E-state index contributed by atoms with van der Waals surface area (Å²) in [6, 6.07) is 9.52. The number of nitrogens with one attached hydrogen (secondary N) is 1. The molecule has 0 heterocycles. The molecule has 0 aromatic heterocycles. The summed E-state index contributed by atoms with van der Waals surface area (Å²) in [5.41, 5.74) is 1.50. The molecular weight excluding hydrogens is 288 g/mol. The van der Waals surface area contributed by atoms with Gasteiger partial charge in [-0.25, -0.2) is 4.39 Å². The van der Waals surface area contributed by atoms with Gasteiger partial charge >= 0.3 is 0 Å². The van der Waals surface area contributed by atoms with Crippen LogP contribution in [-0.2, 0) is 13.1 Å². The predicted octanol–water partition coefficient (Wildman–Crippen LogP) is 4.13. The lowest BCUT2D eigenvalue weighted by Gasteiger charge is -2.09. The minimum atomic E-state index is -0.436. The standard InChI is InChI=1S/C14H12Cl2FNO/c15-11-2-1-3-14(19)10(11)8-18-7-9-4-5-13(17)12(16)6-9/h1-6,18-19H,7-8H2. The molecule has 19 heavy (non-hydrogen) atoms. The van der Waals surface area contributed by atoms with E-state index in [4.69, 9.17) is 23.2 Å². The van der Waals surface area contributed by atoms with Crippen molar-refractivity contribution in [1.82, 2.24) is 5.32 Å². The van der Waals surface area contributed by atoms with Crippen LogP contribution in [0.4, 0.5) is 4.39 Å². The van der Waals surface area contributed by atoms with Crippen LogP contribution in [0.5, 0.6) is 5.75 Å². The van der Waals surface area contributed by atoms with Crippen LogP contribution < -0.4 is 5.32 Å². The molecule has 100 valence electrons. The lowest BCUT2D eigenvalue weighted by molar-refractivity contribution is 0.464. The van der Waals surface area contributed by atoms with E-state index in [2.05, 4.69) is 5.32 Å². The van der Waals surface area contributed by atoms with Gasteiger partial charge < -0.3 is 10.4 Å². The Kier molecular flexibility index (Phi) is 4.64. The highest BCUT2D eigenvalue weighted by atomic mass is 35.5. The Morgan fingerprint density at radius 1 is 1.05 bits per heavy atom. The molecule has 0 aliphatic carbocycles. The van der Waals surface area contributed by atoms with Crippen LogP contribution in [0.2, 0.25) is 10.0 Å². The normalized spacial score (nSPS) is 10.7. The van der Waals surface area contributed by atoms with Crippen LogP contribution in [0.15, 0.2) is 36.4 Å². The molecule has 2 aromatic rings. The fourth-order valence-corrected chi connectivity index (χ4v) is 2.14. The fourth-order valence-electron chi connectivity index (χ4n) is 1.70. The average Bonchev–Trinajstić information content (AvgIpc) is 2.37. The molecule has 0 amide bonds. The van der Waals surface area contributed by atoms with E-state index in [1.54, 1.807) is 30.3 Å². The van der Waals surface area contributed by atoms with Crippen LogP contribution in [0.1, 0.15) is 11.1 Å². The topological polar surface area (TPSA) is 32.3 Å². The van der Waals surface area contributed by atoms with Gasteiger partial charge in [0, 0.05) is 23.7 Å². The molecule has 2 nitrogen and oxygen atoms in total. The van der Waals surface area contributed by atoms with E-state index < -0.39 is 5.82 Å². The van der Waals surface area contributed by atoms with E-state index in [9.17, 15) is 9.50 Å². The fraction of sp³-hybridized carbons (Fsp3) is 0.143. The van der Waals surface area contributed by atoms with Gasteiger partial charge in [-0.3, -0.25) is 0 Å². The molecule has 0 radical (unpaired) electrons. The highest BCUT2D eigenvalue weighted by Gasteiger charge is 2.06. The van der Waals surface area contributed by atoms with Crippen molar-refractivity contribution < 1.29 is 9.50 Å². The summed E-state index contributed by atoms with van der Waals surface area (Å²) >= 11 is 11.7. The van der Waals surface area contributed by atoms with Crippen molar-refractivity contribution in [1.29, 1.82) is 0 Å². The van der Waals surface area contributed by atoms with Crippen LogP contribution in [0.3, 0.4) is 0 Å². The monoisotopic (exact) mass is 299 g/mol. The van der Waals surface area contributed by atoms with Gasteiger partial charge in [-0.15, -0.1) is 0 Å². The lowest BCUT2D eigenvalue weighted by Crippen LogP contribution is -2.13. The van der Waals surface area contributed by atoms with E-state index >= 15 is 0 Å². The number of benzene rings is 2. The molecule has 2 aromatic carbocycles. The van der Waals surface area contributed by atoms with Gasteiger partial charge in [0.25, 0.3) is 0 Å². The van der Waals surface area contributed by atoms with Crippen molar-refractivity contribution in [3.63, 3.8) is 0 Å². The maximum absolute atomic E-state index is 13.0. The van der Waals surface area contributed by atoms with Crippen molar-refractivity contribution in [3.05, 3.63) is 63.4 Å². The first-order valence-corrected chi connectivity index (χ1v) is 6.44. The molecular formula is C14H12Cl2FNO. The second kappa shape index (κ2) is 6.24. The van der Waals surface area contributed by atoms with E-state index in [0.29, 0.717) is 23.7 Å². The minimum absolute atomic E-state index is 0.0971.